The maximum absolute atomic E-state index is 13.4. The fourth-order valence-electron chi connectivity index (χ4n) is 7.92. The van der Waals surface area contributed by atoms with Crippen LogP contribution in [0.4, 0.5) is 0 Å². The Bertz CT molecular complexity index is 2350. The van der Waals surface area contributed by atoms with E-state index in [1.54, 1.807) is 0 Å². The van der Waals surface area contributed by atoms with Gasteiger partial charge in [-0.05, 0) is 97.8 Å². The summed E-state index contributed by atoms with van der Waals surface area (Å²) in [6, 6.07) is 50.0. The van der Waals surface area contributed by atoms with Crippen molar-refractivity contribution in [2.75, 3.05) is 12.5 Å². The molecular formula is C42H32O2S. The van der Waals surface area contributed by atoms with Crippen LogP contribution in [0.3, 0.4) is 0 Å². The van der Waals surface area contributed by atoms with Crippen LogP contribution in [0, 0.1) is 0 Å². The van der Waals surface area contributed by atoms with Crippen LogP contribution in [0.5, 0.6) is 0 Å². The molecule has 0 fully saturated rings. The minimum atomic E-state index is -1.49. The van der Waals surface area contributed by atoms with Gasteiger partial charge in [0, 0.05) is 20.9 Å². The second kappa shape index (κ2) is 9.18. The summed E-state index contributed by atoms with van der Waals surface area (Å²) in [5.41, 5.74) is 3.80. The number of rotatable bonds is 2. The monoisotopic (exact) mass is 600 g/mol. The maximum atomic E-state index is 13.4. The Labute approximate surface area is 264 Å². The normalized spacial score (nSPS) is 21.5. The van der Waals surface area contributed by atoms with Crippen molar-refractivity contribution in [3.63, 3.8) is 0 Å². The standard InChI is InChI=1S/C42H32O2S/c1-45(2)39-18-10-7-15-33(39)34-25-37-38(26-40(34)45)42(44,32-22-20-28-12-4-6-14-30(28)24-32)36-17-9-8-16-35(36)41(37,43)31-21-19-27-11-3-5-13-29(27)23-31/h3-26,43-44H,1-2H3. The zero-order valence-electron chi connectivity index (χ0n) is 25.2. The molecule has 0 radical (unpaired) electrons. The Morgan fingerprint density at radius 2 is 0.867 bits per heavy atom. The second-order valence-corrected chi connectivity index (χ2v) is 16.3. The van der Waals surface area contributed by atoms with Crippen LogP contribution in [0.15, 0.2) is 155 Å². The van der Waals surface area contributed by atoms with Gasteiger partial charge in [-0.2, -0.15) is 10.0 Å². The van der Waals surface area contributed by atoms with E-state index in [1.165, 1.54) is 15.4 Å². The number of hydrogen-bond donors (Lipinski definition) is 2. The van der Waals surface area contributed by atoms with Crippen molar-refractivity contribution >= 4 is 31.6 Å². The summed E-state index contributed by atoms with van der Waals surface area (Å²) in [7, 11) is -1.37. The SMILES string of the molecule is CS1(C)c2ccccc2-c2cc3c(cc21)C(O)(c1ccc2ccccc2c1)c1ccccc1C3(O)c1ccc2ccccc2c1. The van der Waals surface area contributed by atoms with Crippen LogP contribution < -0.4 is 0 Å². The van der Waals surface area contributed by atoms with Gasteiger partial charge in [0.1, 0.15) is 11.2 Å². The summed E-state index contributed by atoms with van der Waals surface area (Å²) in [5.74, 6) is 0. The molecule has 0 amide bonds. The third kappa shape index (κ3) is 3.49. The predicted octanol–water partition coefficient (Wildman–Crippen LogP) is 9.34. The summed E-state index contributed by atoms with van der Waals surface area (Å²) >= 11 is 0. The molecule has 7 aromatic rings. The first-order valence-corrected chi connectivity index (χ1v) is 17.8. The van der Waals surface area contributed by atoms with Crippen molar-refractivity contribution in [2.24, 2.45) is 0 Å². The van der Waals surface area contributed by atoms with E-state index < -0.39 is 21.2 Å². The van der Waals surface area contributed by atoms with Crippen molar-refractivity contribution in [1.29, 1.82) is 0 Å². The molecule has 2 aliphatic rings. The highest BCUT2D eigenvalue weighted by Crippen LogP contribution is 2.69. The van der Waals surface area contributed by atoms with E-state index in [9.17, 15) is 10.2 Å². The molecule has 2 atom stereocenters. The summed E-state index contributed by atoms with van der Waals surface area (Å²) in [5, 5.41) is 31.1. The molecule has 0 aromatic heterocycles. The first kappa shape index (κ1) is 26.7. The summed E-state index contributed by atoms with van der Waals surface area (Å²) in [6.07, 6.45) is 4.68. The molecule has 2 nitrogen and oxygen atoms in total. The number of fused-ring (bicyclic) bond motifs is 7. The van der Waals surface area contributed by atoms with E-state index in [2.05, 4.69) is 97.4 Å². The van der Waals surface area contributed by atoms with E-state index in [-0.39, 0.29) is 0 Å². The summed E-state index contributed by atoms with van der Waals surface area (Å²) in [6.45, 7) is 0. The lowest BCUT2D eigenvalue weighted by molar-refractivity contribution is 0.0747. The van der Waals surface area contributed by atoms with Gasteiger partial charge in [0.2, 0.25) is 0 Å². The van der Waals surface area contributed by atoms with Crippen LogP contribution in [0.25, 0.3) is 32.7 Å². The lowest BCUT2D eigenvalue weighted by Gasteiger charge is -2.46. The van der Waals surface area contributed by atoms with Gasteiger partial charge < -0.3 is 10.2 Å². The van der Waals surface area contributed by atoms with Crippen molar-refractivity contribution < 1.29 is 10.2 Å². The van der Waals surface area contributed by atoms with Gasteiger partial charge in [-0.25, -0.2) is 0 Å². The molecule has 0 spiro atoms. The third-order valence-electron chi connectivity index (χ3n) is 10.2. The predicted molar refractivity (Wildman–Crippen MR) is 186 cm³/mol. The van der Waals surface area contributed by atoms with Gasteiger partial charge in [-0.15, -0.1) is 0 Å². The molecule has 7 aromatic carbocycles. The van der Waals surface area contributed by atoms with Crippen LogP contribution >= 0.6 is 10.0 Å². The van der Waals surface area contributed by atoms with E-state index >= 15 is 0 Å². The Kier molecular flexibility index (Phi) is 5.45. The van der Waals surface area contributed by atoms with Crippen molar-refractivity contribution in [1.82, 2.24) is 0 Å². The number of hydrogen-bond acceptors (Lipinski definition) is 2. The first-order valence-electron chi connectivity index (χ1n) is 15.4. The quantitative estimate of drug-likeness (QED) is 0.208. The van der Waals surface area contributed by atoms with E-state index in [0.29, 0.717) is 11.1 Å². The van der Waals surface area contributed by atoms with Crippen LogP contribution in [-0.2, 0) is 11.2 Å². The van der Waals surface area contributed by atoms with Crippen molar-refractivity contribution in [3.8, 4) is 11.1 Å². The molecular weight excluding hydrogens is 569 g/mol. The van der Waals surface area contributed by atoms with Gasteiger partial charge in [0.05, 0.1) is 0 Å². The molecule has 1 aliphatic heterocycles. The largest absolute Gasteiger partial charge is 0.376 e. The Morgan fingerprint density at radius 3 is 1.44 bits per heavy atom. The van der Waals surface area contributed by atoms with E-state index in [4.69, 9.17) is 0 Å². The molecule has 3 heteroatoms. The molecule has 9 rings (SSSR count). The third-order valence-corrected chi connectivity index (χ3v) is 13.1. The smallest absolute Gasteiger partial charge is 0.141 e. The zero-order chi connectivity index (χ0) is 30.6. The van der Waals surface area contributed by atoms with Gasteiger partial charge >= 0.3 is 0 Å². The molecule has 0 bridgehead atoms. The first-order chi connectivity index (χ1) is 21.8. The van der Waals surface area contributed by atoms with Gasteiger partial charge in [-0.3, -0.25) is 0 Å². The minimum Gasteiger partial charge on any atom is -0.376 e. The molecule has 45 heavy (non-hydrogen) atoms. The topological polar surface area (TPSA) is 40.5 Å². The number of aliphatic hydroxyl groups is 2. The van der Waals surface area contributed by atoms with Crippen molar-refractivity contribution in [2.45, 2.75) is 21.0 Å². The molecule has 0 saturated carbocycles. The lowest BCUT2D eigenvalue weighted by atomic mass is 9.63. The lowest BCUT2D eigenvalue weighted by Crippen LogP contribution is -2.44. The summed E-state index contributed by atoms with van der Waals surface area (Å²) in [4.78, 5) is 2.57. The van der Waals surface area contributed by atoms with Crippen molar-refractivity contribution in [3.05, 3.63) is 179 Å². The zero-order valence-corrected chi connectivity index (χ0v) is 26.0. The number of benzene rings is 7. The van der Waals surface area contributed by atoms with Gasteiger partial charge in [0.15, 0.2) is 0 Å². The molecule has 1 heterocycles. The highest BCUT2D eigenvalue weighted by atomic mass is 32.3. The minimum absolute atomic E-state index is 0.696. The Morgan fingerprint density at radius 1 is 0.400 bits per heavy atom. The van der Waals surface area contributed by atoms with E-state index in [1.807, 2.05) is 60.7 Å². The Balaban J connectivity index is 1.42. The van der Waals surface area contributed by atoms with Gasteiger partial charge in [-0.1, -0.05) is 115 Å². The molecule has 0 saturated heterocycles. The average Bonchev–Trinajstić information content (AvgIpc) is 3.31. The second-order valence-electron chi connectivity index (χ2n) is 12.8. The highest BCUT2D eigenvalue weighted by Gasteiger charge is 2.52. The summed E-state index contributed by atoms with van der Waals surface area (Å²) < 4.78 is 0. The van der Waals surface area contributed by atoms with Crippen LogP contribution in [-0.4, -0.2) is 22.7 Å². The molecule has 2 unspecified atom stereocenters. The fourth-order valence-corrected chi connectivity index (χ4v) is 10.4. The van der Waals surface area contributed by atoms with Crippen LogP contribution in [0.2, 0.25) is 0 Å². The van der Waals surface area contributed by atoms with Gasteiger partial charge in [0.25, 0.3) is 0 Å². The molecule has 1 aliphatic carbocycles. The van der Waals surface area contributed by atoms with Crippen LogP contribution in [0.1, 0.15) is 33.4 Å². The molecule has 218 valence electrons. The maximum Gasteiger partial charge on any atom is 0.141 e. The molecule has 2 N–H and O–H groups in total. The average molecular weight is 601 g/mol. The highest BCUT2D eigenvalue weighted by molar-refractivity contribution is 8.33. The Hall–Kier alpha value is -4.67. The fraction of sp³-hybridized carbons (Fsp3) is 0.0952. The van der Waals surface area contributed by atoms with E-state index in [0.717, 1.165) is 49.4 Å².